The number of ether oxygens (including phenoxy) is 1. The molecule has 3 amide bonds. The zero-order valence-corrected chi connectivity index (χ0v) is 19.4. The van der Waals surface area contributed by atoms with Crippen molar-refractivity contribution < 1.29 is 19.1 Å². The summed E-state index contributed by atoms with van der Waals surface area (Å²) in [7, 11) is 1.71. The standard InChI is InChI=1S/C10H19NO2.C9H12N4O2.C2H6/c1-7-5-8(6-7)11-9(12)13-10(2,3)4;1-6-3-8(10-2)7(4-11-6)9(15)13-12-5-14;1-2/h7-8H,5-6H2,1-4H3,(H,11,12);3-5H,1-2H3,(H,10,11)(H,12,14)(H,13,15);1-2H3. The molecule has 0 unspecified atom stereocenters. The number of hydrazine groups is 1. The van der Waals surface area contributed by atoms with E-state index in [-0.39, 0.29) is 11.7 Å². The minimum atomic E-state index is -0.418. The number of anilines is 1. The molecule has 0 spiro atoms. The highest BCUT2D eigenvalue weighted by atomic mass is 16.6. The number of nitrogens with zero attached hydrogens (tertiary/aromatic N) is 1. The van der Waals surface area contributed by atoms with E-state index in [9.17, 15) is 14.4 Å². The highest BCUT2D eigenvalue weighted by molar-refractivity contribution is 5.99. The topological polar surface area (TPSA) is 121 Å². The summed E-state index contributed by atoms with van der Waals surface area (Å²) in [5.41, 5.74) is 5.73. The Morgan fingerprint density at radius 1 is 1.23 bits per heavy atom. The van der Waals surface area contributed by atoms with Crippen LogP contribution in [0.4, 0.5) is 10.5 Å². The molecule has 0 aliphatic heterocycles. The Morgan fingerprint density at radius 2 is 1.83 bits per heavy atom. The third kappa shape index (κ3) is 10.6. The zero-order valence-electron chi connectivity index (χ0n) is 19.4. The van der Waals surface area contributed by atoms with Crippen LogP contribution in [0.1, 0.15) is 70.4 Å². The molecule has 1 aromatic heterocycles. The van der Waals surface area contributed by atoms with E-state index in [0.717, 1.165) is 24.5 Å². The van der Waals surface area contributed by atoms with Gasteiger partial charge in [0, 0.05) is 25.0 Å². The van der Waals surface area contributed by atoms with Crippen LogP contribution in [0.5, 0.6) is 0 Å². The molecule has 1 fully saturated rings. The smallest absolute Gasteiger partial charge is 0.407 e. The summed E-state index contributed by atoms with van der Waals surface area (Å²) in [6.07, 6.45) is 3.71. The normalized spacial score (nSPS) is 16.8. The van der Waals surface area contributed by atoms with E-state index in [4.69, 9.17) is 4.74 Å². The second-order valence-electron chi connectivity index (χ2n) is 7.76. The first-order chi connectivity index (χ1) is 14.1. The Morgan fingerprint density at radius 3 is 2.30 bits per heavy atom. The lowest BCUT2D eigenvalue weighted by atomic mass is 9.82. The number of pyridine rings is 1. The van der Waals surface area contributed by atoms with Crippen molar-refractivity contribution in [2.75, 3.05) is 12.4 Å². The molecule has 0 saturated heterocycles. The number of aryl methyl sites for hydroxylation is 1. The molecular formula is C21H37N5O4. The van der Waals surface area contributed by atoms with Crippen molar-refractivity contribution >= 4 is 24.1 Å². The van der Waals surface area contributed by atoms with Crippen molar-refractivity contribution in [2.45, 2.75) is 73.0 Å². The first kappa shape index (κ1) is 27.2. The zero-order chi connectivity index (χ0) is 23.3. The first-order valence-corrected chi connectivity index (χ1v) is 10.2. The van der Waals surface area contributed by atoms with Gasteiger partial charge in [0.2, 0.25) is 6.41 Å². The van der Waals surface area contributed by atoms with Crippen molar-refractivity contribution in [3.8, 4) is 0 Å². The third-order valence-corrected chi connectivity index (χ3v) is 3.89. The molecule has 4 N–H and O–H groups in total. The lowest BCUT2D eigenvalue weighted by Gasteiger charge is -2.33. The predicted molar refractivity (Wildman–Crippen MR) is 118 cm³/mol. The van der Waals surface area contributed by atoms with Gasteiger partial charge in [0.25, 0.3) is 5.91 Å². The fourth-order valence-electron chi connectivity index (χ4n) is 2.60. The number of hydrogen-bond donors (Lipinski definition) is 4. The van der Waals surface area contributed by atoms with Gasteiger partial charge in [0.1, 0.15) is 5.60 Å². The molecule has 0 radical (unpaired) electrons. The highest BCUT2D eigenvalue weighted by Gasteiger charge is 2.28. The van der Waals surface area contributed by atoms with E-state index in [1.165, 1.54) is 6.20 Å². The van der Waals surface area contributed by atoms with Gasteiger partial charge in [0.05, 0.1) is 11.3 Å². The monoisotopic (exact) mass is 423 g/mol. The number of carbonyl (C=O) groups excluding carboxylic acids is 3. The number of carbonyl (C=O) groups is 3. The molecule has 1 aromatic rings. The van der Waals surface area contributed by atoms with E-state index < -0.39 is 5.91 Å². The van der Waals surface area contributed by atoms with E-state index in [2.05, 4.69) is 33.4 Å². The Bertz CT molecular complexity index is 682. The lowest BCUT2D eigenvalue weighted by Crippen LogP contribution is -2.45. The SMILES string of the molecule is CC.CC1CC(NC(=O)OC(C)(C)C)C1.CNc1cc(C)ncc1C(=O)NNC=O. The molecule has 1 aliphatic carbocycles. The van der Waals surface area contributed by atoms with Crippen LogP contribution in [-0.2, 0) is 9.53 Å². The van der Waals surface area contributed by atoms with Crippen molar-refractivity contribution in [1.82, 2.24) is 21.2 Å². The molecule has 0 aromatic carbocycles. The summed E-state index contributed by atoms with van der Waals surface area (Å²) < 4.78 is 5.13. The second kappa shape index (κ2) is 13.4. The van der Waals surface area contributed by atoms with Crippen LogP contribution in [0.15, 0.2) is 12.3 Å². The highest BCUT2D eigenvalue weighted by Crippen LogP contribution is 2.26. The Hall–Kier alpha value is -2.84. The lowest BCUT2D eigenvalue weighted by molar-refractivity contribution is -0.110. The van der Waals surface area contributed by atoms with Crippen molar-refractivity contribution in [1.29, 1.82) is 0 Å². The fourth-order valence-corrected chi connectivity index (χ4v) is 2.60. The van der Waals surface area contributed by atoms with Gasteiger partial charge in [-0.1, -0.05) is 20.8 Å². The largest absolute Gasteiger partial charge is 0.444 e. The number of nitrogens with one attached hydrogen (secondary N) is 4. The van der Waals surface area contributed by atoms with Gasteiger partial charge in [0.15, 0.2) is 0 Å². The molecule has 0 bridgehead atoms. The summed E-state index contributed by atoms with van der Waals surface area (Å²) >= 11 is 0. The average molecular weight is 424 g/mol. The van der Waals surface area contributed by atoms with Crippen LogP contribution in [0.3, 0.4) is 0 Å². The maximum absolute atomic E-state index is 11.5. The molecule has 9 heteroatoms. The van der Waals surface area contributed by atoms with Crippen molar-refractivity contribution in [2.24, 2.45) is 5.92 Å². The maximum atomic E-state index is 11.5. The van der Waals surface area contributed by atoms with Gasteiger partial charge >= 0.3 is 6.09 Å². The maximum Gasteiger partial charge on any atom is 0.407 e. The van der Waals surface area contributed by atoms with E-state index in [1.54, 1.807) is 13.1 Å². The average Bonchev–Trinajstić information content (AvgIpc) is 2.65. The number of amides is 3. The Balaban J connectivity index is 0.000000522. The third-order valence-electron chi connectivity index (χ3n) is 3.89. The van der Waals surface area contributed by atoms with Crippen LogP contribution < -0.4 is 21.5 Å². The molecule has 1 saturated carbocycles. The van der Waals surface area contributed by atoms with Gasteiger partial charge in [-0.2, -0.15) is 0 Å². The first-order valence-electron chi connectivity index (χ1n) is 10.2. The summed E-state index contributed by atoms with van der Waals surface area (Å²) in [5, 5.41) is 5.72. The fraction of sp³-hybridized carbons (Fsp3) is 0.619. The van der Waals surface area contributed by atoms with Crippen molar-refractivity contribution in [3.05, 3.63) is 23.5 Å². The molecule has 1 aliphatic rings. The van der Waals surface area contributed by atoms with Gasteiger partial charge in [-0.05, 0) is 52.5 Å². The second-order valence-corrected chi connectivity index (χ2v) is 7.76. The molecule has 170 valence electrons. The number of hydrogen-bond acceptors (Lipinski definition) is 6. The molecule has 1 heterocycles. The quantitative estimate of drug-likeness (QED) is 0.426. The summed E-state index contributed by atoms with van der Waals surface area (Å²) in [5.74, 6) is 0.332. The number of rotatable bonds is 5. The predicted octanol–water partition coefficient (Wildman–Crippen LogP) is 3.16. The molecule has 9 nitrogen and oxygen atoms in total. The molecule has 0 atom stereocenters. The van der Waals surface area contributed by atoms with Crippen LogP contribution in [0.25, 0.3) is 0 Å². The summed E-state index contributed by atoms with van der Waals surface area (Å²) in [6.45, 7) is 13.6. The Kier molecular flexibility index (Phi) is 12.1. The van der Waals surface area contributed by atoms with Crippen LogP contribution in [-0.4, -0.2) is 42.1 Å². The van der Waals surface area contributed by atoms with E-state index in [1.807, 2.05) is 41.5 Å². The molecule has 30 heavy (non-hydrogen) atoms. The Labute approximate surface area is 179 Å². The van der Waals surface area contributed by atoms with Gasteiger partial charge in [-0.3, -0.25) is 25.4 Å². The van der Waals surface area contributed by atoms with Gasteiger partial charge in [-0.25, -0.2) is 4.79 Å². The van der Waals surface area contributed by atoms with Gasteiger partial charge < -0.3 is 15.4 Å². The number of aromatic nitrogens is 1. The van der Waals surface area contributed by atoms with E-state index >= 15 is 0 Å². The number of alkyl carbamates (subject to hydrolysis) is 1. The van der Waals surface area contributed by atoms with Crippen LogP contribution >= 0.6 is 0 Å². The summed E-state index contributed by atoms with van der Waals surface area (Å²) in [4.78, 5) is 36.7. The minimum absolute atomic E-state index is 0.288. The van der Waals surface area contributed by atoms with Crippen LogP contribution in [0, 0.1) is 12.8 Å². The molecule has 2 rings (SSSR count). The van der Waals surface area contributed by atoms with Crippen molar-refractivity contribution in [3.63, 3.8) is 0 Å². The van der Waals surface area contributed by atoms with Crippen LogP contribution in [0.2, 0.25) is 0 Å². The summed E-state index contributed by atoms with van der Waals surface area (Å²) in [6, 6.07) is 2.08. The van der Waals surface area contributed by atoms with E-state index in [0.29, 0.717) is 23.7 Å². The molecular weight excluding hydrogens is 386 g/mol. The van der Waals surface area contributed by atoms with Gasteiger partial charge in [-0.15, -0.1) is 0 Å². The minimum Gasteiger partial charge on any atom is -0.444 e.